The quantitative estimate of drug-likeness (QED) is 0.0807. The van der Waals surface area contributed by atoms with Gasteiger partial charge in [0, 0.05) is 15.6 Å². The number of carbonyl (C=O) groups is 3. The molecule has 41 heavy (non-hydrogen) atoms. The Kier molecular flexibility index (Phi) is 8.61. The fourth-order valence-corrected chi connectivity index (χ4v) is 4.99. The Balaban J connectivity index is 1.38. The van der Waals surface area contributed by atoms with Gasteiger partial charge < -0.3 is 23.9 Å². The lowest BCUT2D eigenvalue weighted by molar-refractivity contribution is -0.117. The molecule has 2 amide bonds. The van der Waals surface area contributed by atoms with Crippen LogP contribution >= 0.6 is 31.9 Å². The highest BCUT2D eigenvalue weighted by Crippen LogP contribution is 2.34. The van der Waals surface area contributed by atoms with Crippen molar-refractivity contribution in [2.75, 3.05) is 6.79 Å². The van der Waals surface area contributed by atoms with Crippen molar-refractivity contribution >= 4 is 61.9 Å². The summed E-state index contributed by atoms with van der Waals surface area (Å²) in [6, 6.07) is 19.9. The molecule has 1 aliphatic heterocycles. The molecule has 0 spiro atoms. The third-order valence-electron chi connectivity index (χ3n) is 5.56. The zero-order chi connectivity index (χ0) is 28.8. The minimum absolute atomic E-state index is 0.0171. The number of amides is 2. The highest BCUT2D eigenvalue weighted by atomic mass is 79.9. The fourth-order valence-electron chi connectivity index (χ4n) is 3.65. The Hall–Kier alpha value is -4.68. The second kappa shape index (κ2) is 12.7. The number of halogens is 2. The molecule has 0 radical (unpaired) electrons. The zero-order valence-corrected chi connectivity index (χ0v) is 24.1. The molecule has 1 aromatic heterocycles. The van der Waals surface area contributed by atoms with Crippen molar-refractivity contribution in [3.05, 3.63) is 116 Å². The van der Waals surface area contributed by atoms with Crippen molar-refractivity contribution in [2.45, 2.75) is 0 Å². The number of nitrogens with one attached hydrogen (secondary N) is 2. The molecule has 0 unspecified atom stereocenters. The molecule has 2 heterocycles. The standard InChI is InChI=1S/C29H19Br2N3O7/c30-20-13-19(26(21(31)14-20)41-29(37)24-7-4-10-38-24)15-32-34-28(36)22(33-27(35)18-5-2-1-3-6-18)11-17-8-9-23-25(12-17)40-16-39-23/h1-15H,16H2,(H,33,35)(H,34,36)/b22-11-,32-15-. The number of hydrazone groups is 1. The summed E-state index contributed by atoms with van der Waals surface area (Å²) in [5, 5.41) is 6.68. The lowest BCUT2D eigenvalue weighted by Gasteiger charge is -2.11. The molecule has 0 saturated carbocycles. The summed E-state index contributed by atoms with van der Waals surface area (Å²) in [6.45, 7) is 0.0971. The van der Waals surface area contributed by atoms with Crippen LogP contribution in [0.4, 0.5) is 0 Å². The van der Waals surface area contributed by atoms with E-state index in [1.807, 2.05) is 0 Å². The zero-order valence-electron chi connectivity index (χ0n) is 20.9. The number of carbonyl (C=O) groups excluding carboxylic acids is 3. The molecule has 0 bridgehead atoms. The van der Waals surface area contributed by atoms with Gasteiger partial charge in [-0.3, -0.25) is 9.59 Å². The molecule has 206 valence electrons. The normalized spacial score (nSPS) is 12.3. The Labute approximate surface area is 250 Å². The highest BCUT2D eigenvalue weighted by Gasteiger charge is 2.19. The number of benzene rings is 3. The van der Waals surface area contributed by atoms with Crippen LogP contribution in [0.3, 0.4) is 0 Å². The van der Waals surface area contributed by atoms with Crippen LogP contribution in [-0.4, -0.2) is 30.8 Å². The van der Waals surface area contributed by atoms with Gasteiger partial charge in [0.25, 0.3) is 11.8 Å². The number of furan rings is 1. The van der Waals surface area contributed by atoms with E-state index in [0.29, 0.717) is 37.1 Å². The van der Waals surface area contributed by atoms with Gasteiger partial charge in [-0.2, -0.15) is 5.10 Å². The molecule has 0 aliphatic carbocycles. The molecule has 3 aromatic carbocycles. The van der Waals surface area contributed by atoms with Crippen LogP contribution in [0.5, 0.6) is 17.2 Å². The van der Waals surface area contributed by atoms with Crippen molar-refractivity contribution < 1.29 is 33.0 Å². The Morgan fingerprint density at radius 2 is 1.73 bits per heavy atom. The minimum Gasteiger partial charge on any atom is -0.457 e. The molecule has 0 fully saturated rings. The van der Waals surface area contributed by atoms with Crippen LogP contribution in [0.2, 0.25) is 0 Å². The fraction of sp³-hybridized carbons (Fsp3) is 0.0345. The van der Waals surface area contributed by atoms with Crippen LogP contribution in [-0.2, 0) is 4.79 Å². The number of hydrogen-bond acceptors (Lipinski definition) is 8. The van der Waals surface area contributed by atoms with E-state index < -0.39 is 17.8 Å². The van der Waals surface area contributed by atoms with E-state index in [0.717, 1.165) is 0 Å². The summed E-state index contributed by atoms with van der Waals surface area (Å²) in [6.07, 6.45) is 4.14. The van der Waals surface area contributed by atoms with Gasteiger partial charge in [-0.05, 0) is 76.1 Å². The first-order valence-electron chi connectivity index (χ1n) is 11.9. The predicted molar refractivity (Wildman–Crippen MR) is 156 cm³/mol. The van der Waals surface area contributed by atoms with Crippen LogP contribution in [0.25, 0.3) is 6.08 Å². The molecule has 0 saturated heterocycles. The number of fused-ring (bicyclic) bond motifs is 1. The van der Waals surface area contributed by atoms with Crippen molar-refractivity contribution in [1.82, 2.24) is 10.7 Å². The van der Waals surface area contributed by atoms with E-state index in [9.17, 15) is 14.4 Å². The maximum absolute atomic E-state index is 13.2. The number of esters is 1. The van der Waals surface area contributed by atoms with E-state index >= 15 is 0 Å². The molecule has 1 aliphatic rings. The van der Waals surface area contributed by atoms with Crippen LogP contribution < -0.4 is 25.0 Å². The van der Waals surface area contributed by atoms with Gasteiger partial charge in [-0.15, -0.1) is 0 Å². The molecule has 12 heteroatoms. The van der Waals surface area contributed by atoms with E-state index in [2.05, 4.69) is 47.7 Å². The molecule has 4 aromatic rings. The molecule has 2 N–H and O–H groups in total. The van der Waals surface area contributed by atoms with Gasteiger partial charge in [0.15, 0.2) is 17.2 Å². The van der Waals surface area contributed by atoms with Crippen molar-refractivity contribution in [1.29, 1.82) is 0 Å². The van der Waals surface area contributed by atoms with Gasteiger partial charge in [0.1, 0.15) is 5.70 Å². The summed E-state index contributed by atoms with van der Waals surface area (Å²) in [5.74, 6) is -0.636. The first kappa shape index (κ1) is 27.9. The lowest BCUT2D eigenvalue weighted by Crippen LogP contribution is -2.32. The second-order valence-corrected chi connectivity index (χ2v) is 10.1. The van der Waals surface area contributed by atoms with Gasteiger partial charge in [0.05, 0.1) is 17.0 Å². The van der Waals surface area contributed by atoms with Crippen LogP contribution in [0, 0.1) is 0 Å². The molecule has 5 rings (SSSR count). The maximum atomic E-state index is 13.2. The van der Waals surface area contributed by atoms with E-state index in [1.165, 1.54) is 24.6 Å². The molecular weight excluding hydrogens is 662 g/mol. The first-order valence-corrected chi connectivity index (χ1v) is 13.5. The van der Waals surface area contributed by atoms with Gasteiger partial charge in [-0.25, -0.2) is 10.2 Å². The van der Waals surface area contributed by atoms with Crippen molar-refractivity contribution in [3.8, 4) is 17.2 Å². The van der Waals surface area contributed by atoms with Gasteiger partial charge in [0.2, 0.25) is 12.6 Å². The summed E-state index contributed by atoms with van der Waals surface area (Å²) in [7, 11) is 0. The number of ether oxygens (including phenoxy) is 3. The van der Waals surface area contributed by atoms with Gasteiger partial charge in [-0.1, -0.05) is 40.2 Å². The third kappa shape index (κ3) is 6.91. The monoisotopic (exact) mass is 679 g/mol. The molecule has 10 nitrogen and oxygen atoms in total. The Bertz CT molecular complexity index is 1670. The average Bonchev–Trinajstić information content (AvgIpc) is 3.67. The smallest absolute Gasteiger partial charge is 0.379 e. The largest absolute Gasteiger partial charge is 0.457 e. The summed E-state index contributed by atoms with van der Waals surface area (Å²) < 4.78 is 22.5. The Morgan fingerprint density at radius 1 is 0.927 bits per heavy atom. The number of nitrogens with zero attached hydrogens (tertiary/aromatic N) is 1. The topological polar surface area (TPSA) is 128 Å². The SMILES string of the molecule is O=C(N/N=C\c1cc(Br)cc(Br)c1OC(=O)c1ccco1)/C(=C/c1ccc2c(c1)OCO2)NC(=O)c1ccccc1. The number of hydrogen-bond donors (Lipinski definition) is 2. The second-order valence-electron chi connectivity index (χ2n) is 8.36. The highest BCUT2D eigenvalue weighted by molar-refractivity contribution is 9.11. The minimum atomic E-state index is -0.714. The van der Waals surface area contributed by atoms with Crippen molar-refractivity contribution in [2.24, 2.45) is 5.10 Å². The van der Waals surface area contributed by atoms with E-state index in [4.69, 9.17) is 18.6 Å². The lowest BCUT2D eigenvalue weighted by atomic mass is 10.1. The van der Waals surface area contributed by atoms with Gasteiger partial charge >= 0.3 is 5.97 Å². The molecular formula is C29H19Br2N3O7. The van der Waals surface area contributed by atoms with Crippen molar-refractivity contribution in [3.63, 3.8) is 0 Å². The third-order valence-corrected chi connectivity index (χ3v) is 6.61. The first-order chi connectivity index (χ1) is 19.9. The van der Waals surface area contributed by atoms with Crippen LogP contribution in [0.1, 0.15) is 32.0 Å². The summed E-state index contributed by atoms with van der Waals surface area (Å²) in [4.78, 5) is 38.6. The van der Waals surface area contributed by atoms with Crippen LogP contribution in [0.15, 0.2) is 103 Å². The average molecular weight is 681 g/mol. The summed E-state index contributed by atoms with van der Waals surface area (Å²) in [5.41, 5.74) is 3.64. The summed E-state index contributed by atoms with van der Waals surface area (Å²) >= 11 is 6.77. The Morgan fingerprint density at radius 3 is 2.51 bits per heavy atom. The predicted octanol–water partition coefficient (Wildman–Crippen LogP) is 5.67. The van der Waals surface area contributed by atoms with E-state index in [1.54, 1.807) is 66.7 Å². The molecule has 0 atom stereocenters. The maximum Gasteiger partial charge on any atom is 0.379 e. The number of rotatable bonds is 8. The van der Waals surface area contributed by atoms with E-state index in [-0.39, 0.29) is 24.0 Å².